The third-order valence-electron chi connectivity index (χ3n) is 4.90. The van der Waals surface area contributed by atoms with E-state index in [0.29, 0.717) is 0 Å². The molecular formula is C15H18O5. The van der Waals surface area contributed by atoms with E-state index < -0.39 is 29.6 Å². The number of ether oxygens (including phenoxy) is 2. The van der Waals surface area contributed by atoms with E-state index in [0.717, 1.165) is 6.42 Å². The highest BCUT2D eigenvalue weighted by Crippen LogP contribution is 2.62. The van der Waals surface area contributed by atoms with Gasteiger partial charge < -0.3 is 14.6 Å². The number of hydrogen-bond acceptors (Lipinski definition) is 5. The second-order valence-electron chi connectivity index (χ2n) is 5.75. The van der Waals surface area contributed by atoms with E-state index in [-0.39, 0.29) is 17.8 Å². The summed E-state index contributed by atoms with van der Waals surface area (Å²) < 4.78 is 10.4. The number of esters is 2. The van der Waals surface area contributed by atoms with Gasteiger partial charge in [-0.25, -0.2) is 0 Å². The van der Waals surface area contributed by atoms with Crippen molar-refractivity contribution < 1.29 is 24.2 Å². The van der Waals surface area contributed by atoms with E-state index in [2.05, 4.69) is 0 Å². The fourth-order valence-electron chi connectivity index (χ4n) is 4.28. The summed E-state index contributed by atoms with van der Waals surface area (Å²) in [5.74, 6) is -1.08. The average molecular weight is 278 g/mol. The molecule has 1 saturated carbocycles. The van der Waals surface area contributed by atoms with Crippen LogP contribution in [0, 0.1) is 23.2 Å². The first kappa shape index (κ1) is 13.4. The number of rotatable bonds is 2. The Labute approximate surface area is 117 Å². The minimum Gasteiger partial charge on any atom is -0.468 e. The fourth-order valence-corrected chi connectivity index (χ4v) is 4.28. The number of allylic oxidation sites excluding steroid dienone is 2. The average Bonchev–Trinajstić information content (AvgIpc) is 3.00. The Balaban J connectivity index is 2.11. The maximum absolute atomic E-state index is 12.5. The molecule has 0 amide bonds. The van der Waals surface area contributed by atoms with Crippen LogP contribution < -0.4 is 0 Å². The summed E-state index contributed by atoms with van der Waals surface area (Å²) in [4.78, 5) is 23.9. The second kappa shape index (κ2) is 4.45. The van der Waals surface area contributed by atoms with Gasteiger partial charge in [-0.15, -0.1) is 0 Å². The summed E-state index contributed by atoms with van der Waals surface area (Å²) in [6.07, 6.45) is 6.66. The van der Waals surface area contributed by atoms with Gasteiger partial charge in [-0.05, 0) is 24.3 Å². The molecule has 5 nitrogen and oxygen atoms in total. The van der Waals surface area contributed by atoms with Crippen molar-refractivity contribution in [3.05, 3.63) is 24.3 Å². The fraction of sp³-hybridized carbons (Fsp3) is 0.600. The number of carbonyl (C=O) groups is 2. The molecule has 0 unspecified atom stereocenters. The molecule has 108 valence electrons. The number of carbonyl (C=O) groups excluding carboxylic acids is 2. The summed E-state index contributed by atoms with van der Waals surface area (Å²) in [7, 11) is 1.33. The minimum absolute atomic E-state index is 0.0612. The first-order chi connectivity index (χ1) is 9.51. The quantitative estimate of drug-likeness (QED) is 0.598. The molecule has 0 spiro atoms. The Morgan fingerprint density at radius 1 is 1.25 bits per heavy atom. The van der Waals surface area contributed by atoms with Crippen LogP contribution in [0.25, 0.3) is 0 Å². The van der Waals surface area contributed by atoms with Crippen LogP contribution in [0.1, 0.15) is 13.3 Å². The molecule has 6 atom stereocenters. The molecule has 0 saturated heterocycles. The van der Waals surface area contributed by atoms with Gasteiger partial charge in [0.1, 0.15) is 11.5 Å². The first-order valence-electron chi connectivity index (χ1n) is 6.82. The highest BCUT2D eigenvalue weighted by atomic mass is 16.6. The van der Waals surface area contributed by atoms with Crippen LogP contribution in [0.4, 0.5) is 0 Å². The van der Waals surface area contributed by atoms with Crippen molar-refractivity contribution in [3.8, 4) is 0 Å². The zero-order valence-corrected chi connectivity index (χ0v) is 11.5. The lowest BCUT2D eigenvalue weighted by Crippen LogP contribution is -2.57. The summed E-state index contributed by atoms with van der Waals surface area (Å²) >= 11 is 0. The summed E-state index contributed by atoms with van der Waals surface area (Å²) in [5.41, 5.74) is -0.992. The molecular weight excluding hydrogens is 260 g/mol. The Hall–Kier alpha value is -1.62. The first-order valence-corrected chi connectivity index (χ1v) is 6.82. The zero-order valence-electron chi connectivity index (χ0n) is 11.5. The molecule has 3 aliphatic rings. The molecule has 0 aliphatic heterocycles. The van der Waals surface area contributed by atoms with Gasteiger partial charge >= 0.3 is 11.9 Å². The minimum atomic E-state index is -0.992. The third kappa shape index (κ3) is 1.53. The Morgan fingerprint density at radius 2 is 2.00 bits per heavy atom. The SMILES string of the molecule is COC(=O)[C@@]12[C@@H]([C@@H]3C=C[C@H]1C3)[C@@H](O)C=C[C@H]2OC(C)=O. The molecule has 1 fully saturated rings. The molecule has 2 bridgehead atoms. The van der Waals surface area contributed by atoms with Crippen LogP contribution in [-0.4, -0.2) is 36.4 Å². The molecule has 5 heteroatoms. The van der Waals surface area contributed by atoms with Gasteiger partial charge in [0.2, 0.25) is 0 Å². The Kier molecular flexibility index (Phi) is 2.97. The van der Waals surface area contributed by atoms with E-state index in [1.807, 2.05) is 12.2 Å². The number of fused-ring (bicyclic) bond motifs is 5. The van der Waals surface area contributed by atoms with E-state index in [4.69, 9.17) is 9.47 Å². The van der Waals surface area contributed by atoms with Crippen molar-refractivity contribution in [1.29, 1.82) is 0 Å². The highest BCUT2D eigenvalue weighted by molar-refractivity contribution is 5.82. The number of methoxy groups -OCH3 is 1. The molecule has 3 aliphatic carbocycles. The summed E-state index contributed by atoms with van der Waals surface area (Å²) in [6, 6.07) is 0. The molecule has 0 aromatic rings. The lowest BCUT2D eigenvalue weighted by Gasteiger charge is -2.46. The van der Waals surface area contributed by atoms with E-state index in [9.17, 15) is 14.7 Å². The third-order valence-corrected chi connectivity index (χ3v) is 4.90. The highest BCUT2D eigenvalue weighted by Gasteiger charge is 2.68. The smallest absolute Gasteiger partial charge is 0.316 e. The van der Waals surface area contributed by atoms with Gasteiger partial charge in [0.05, 0.1) is 13.2 Å². The van der Waals surface area contributed by atoms with Gasteiger partial charge in [0.25, 0.3) is 0 Å². The second-order valence-corrected chi connectivity index (χ2v) is 5.75. The molecule has 0 aromatic carbocycles. The maximum atomic E-state index is 12.5. The topological polar surface area (TPSA) is 72.8 Å². The number of aliphatic hydroxyl groups excluding tert-OH is 1. The lowest BCUT2D eigenvalue weighted by atomic mass is 9.60. The van der Waals surface area contributed by atoms with Gasteiger partial charge in [0, 0.05) is 12.8 Å². The molecule has 1 N–H and O–H groups in total. The molecule has 20 heavy (non-hydrogen) atoms. The van der Waals surface area contributed by atoms with Crippen molar-refractivity contribution in [2.45, 2.75) is 25.6 Å². The molecule has 0 heterocycles. The van der Waals surface area contributed by atoms with Gasteiger partial charge in [-0.3, -0.25) is 9.59 Å². The predicted molar refractivity (Wildman–Crippen MR) is 69.4 cm³/mol. The van der Waals surface area contributed by atoms with Crippen LogP contribution in [0.3, 0.4) is 0 Å². The largest absolute Gasteiger partial charge is 0.468 e. The van der Waals surface area contributed by atoms with E-state index >= 15 is 0 Å². The standard InChI is InChI=1S/C15H18O5/c1-8(16)20-12-6-5-11(17)13-9-3-4-10(7-9)15(12,13)14(18)19-2/h3-6,9-13,17H,7H2,1-2H3/t9-,10+,11+,12-,13+,15+/m1/s1. The molecule has 0 radical (unpaired) electrons. The van der Waals surface area contributed by atoms with Crippen molar-refractivity contribution >= 4 is 11.9 Å². The van der Waals surface area contributed by atoms with Crippen molar-refractivity contribution in [3.63, 3.8) is 0 Å². The van der Waals surface area contributed by atoms with Crippen LogP contribution in [0.5, 0.6) is 0 Å². The number of hydrogen-bond donors (Lipinski definition) is 1. The van der Waals surface area contributed by atoms with Crippen molar-refractivity contribution in [1.82, 2.24) is 0 Å². The lowest BCUT2D eigenvalue weighted by molar-refractivity contribution is -0.179. The monoisotopic (exact) mass is 278 g/mol. The number of aliphatic hydroxyl groups is 1. The van der Waals surface area contributed by atoms with Gasteiger partial charge in [-0.1, -0.05) is 18.2 Å². The van der Waals surface area contributed by atoms with Crippen LogP contribution in [0.15, 0.2) is 24.3 Å². The maximum Gasteiger partial charge on any atom is 0.316 e. The molecule has 3 rings (SSSR count). The normalized spacial score (nSPS) is 44.2. The Morgan fingerprint density at radius 3 is 2.65 bits per heavy atom. The summed E-state index contributed by atoms with van der Waals surface area (Å²) in [5, 5.41) is 10.3. The van der Waals surface area contributed by atoms with Crippen molar-refractivity contribution in [2.24, 2.45) is 23.2 Å². The predicted octanol–water partition coefficient (Wildman–Crippen LogP) is 0.830. The van der Waals surface area contributed by atoms with E-state index in [1.165, 1.54) is 14.0 Å². The van der Waals surface area contributed by atoms with Gasteiger partial charge in [0.15, 0.2) is 0 Å². The molecule has 0 aromatic heterocycles. The summed E-state index contributed by atoms with van der Waals surface area (Å²) in [6.45, 7) is 1.32. The van der Waals surface area contributed by atoms with E-state index in [1.54, 1.807) is 12.2 Å². The van der Waals surface area contributed by atoms with Crippen molar-refractivity contribution in [2.75, 3.05) is 7.11 Å². The Bertz CT molecular complexity index is 508. The van der Waals surface area contributed by atoms with Gasteiger partial charge in [-0.2, -0.15) is 0 Å². The van der Waals surface area contributed by atoms with Crippen LogP contribution >= 0.6 is 0 Å². The van der Waals surface area contributed by atoms with Crippen LogP contribution in [0.2, 0.25) is 0 Å². The van der Waals surface area contributed by atoms with Crippen LogP contribution in [-0.2, 0) is 19.1 Å². The zero-order chi connectivity index (χ0) is 14.5.